The smallest absolute Gasteiger partial charge is 0.251 e. The second-order valence-corrected chi connectivity index (χ2v) is 6.80. The molecule has 1 amide bonds. The first-order valence-corrected chi connectivity index (χ1v) is 9.28. The zero-order valence-electron chi connectivity index (χ0n) is 14.9. The van der Waals surface area contributed by atoms with E-state index in [0.29, 0.717) is 5.92 Å². The summed E-state index contributed by atoms with van der Waals surface area (Å²) in [4.78, 5) is 18.9. The van der Waals surface area contributed by atoms with E-state index in [4.69, 9.17) is 0 Å². The number of carbonyl (C=O) groups is 1. The van der Waals surface area contributed by atoms with Crippen molar-refractivity contribution in [1.29, 1.82) is 0 Å². The largest absolute Gasteiger partial charge is 0.370 e. The fraction of sp³-hybridized carbons (Fsp3) is 0.429. The molecule has 1 N–H and O–H groups in total. The molecule has 132 valence electrons. The van der Waals surface area contributed by atoms with Crippen LogP contribution in [0.25, 0.3) is 0 Å². The van der Waals surface area contributed by atoms with Crippen LogP contribution in [0.5, 0.6) is 0 Å². The molecule has 0 aliphatic carbocycles. The highest BCUT2D eigenvalue weighted by Gasteiger charge is 2.20. The number of amides is 1. The highest BCUT2D eigenvalue weighted by atomic mass is 16.1. The summed E-state index contributed by atoms with van der Waals surface area (Å²) in [6, 6.07) is 12.1. The molecule has 0 spiro atoms. The van der Waals surface area contributed by atoms with Crippen LogP contribution >= 0.6 is 0 Å². The lowest BCUT2D eigenvalue weighted by Gasteiger charge is -2.33. The number of nitrogens with zero attached hydrogens (tertiary/aromatic N) is 2. The van der Waals surface area contributed by atoms with E-state index in [1.54, 1.807) is 6.20 Å². The molecule has 1 aromatic carbocycles. The number of benzene rings is 1. The number of hydrogen-bond acceptors (Lipinski definition) is 3. The van der Waals surface area contributed by atoms with Crippen molar-refractivity contribution in [2.75, 3.05) is 24.5 Å². The summed E-state index contributed by atoms with van der Waals surface area (Å²) in [6.45, 7) is 4.98. The molecule has 2 heterocycles. The van der Waals surface area contributed by atoms with Gasteiger partial charge < -0.3 is 10.2 Å². The van der Waals surface area contributed by atoms with Crippen molar-refractivity contribution in [3.8, 4) is 0 Å². The number of anilines is 1. The number of rotatable bonds is 6. The van der Waals surface area contributed by atoms with E-state index in [-0.39, 0.29) is 5.91 Å². The van der Waals surface area contributed by atoms with Crippen LogP contribution < -0.4 is 10.2 Å². The summed E-state index contributed by atoms with van der Waals surface area (Å²) < 4.78 is 0. The van der Waals surface area contributed by atoms with Gasteiger partial charge in [0.15, 0.2) is 0 Å². The maximum atomic E-state index is 12.3. The Kier molecular flexibility index (Phi) is 6.04. The Morgan fingerprint density at radius 1 is 1.20 bits per heavy atom. The molecular weight excluding hydrogens is 310 g/mol. The van der Waals surface area contributed by atoms with Crippen LogP contribution in [0.4, 0.5) is 5.69 Å². The molecule has 4 heteroatoms. The van der Waals surface area contributed by atoms with Gasteiger partial charge in [-0.25, -0.2) is 0 Å². The Morgan fingerprint density at radius 3 is 2.60 bits per heavy atom. The highest BCUT2D eigenvalue weighted by molar-refractivity contribution is 5.94. The fourth-order valence-corrected chi connectivity index (χ4v) is 3.39. The SMILES string of the molecule is CCCc1ccc(C(=O)NCC2CCN(c3cccnc3)CC2)cc1. The predicted molar refractivity (Wildman–Crippen MR) is 102 cm³/mol. The van der Waals surface area contributed by atoms with Crippen LogP contribution in [0.15, 0.2) is 48.8 Å². The van der Waals surface area contributed by atoms with Gasteiger partial charge in [-0.1, -0.05) is 25.5 Å². The molecule has 3 rings (SSSR count). The Labute approximate surface area is 150 Å². The van der Waals surface area contributed by atoms with Gasteiger partial charge in [0, 0.05) is 31.4 Å². The molecule has 4 nitrogen and oxygen atoms in total. The summed E-state index contributed by atoms with van der Waals surface area (Å²) in [5, 5.41) is 3.10. The van der Waals surface area contributed by atoms with Gasteiger partial charge in [0.2, 0.25) is 0 Å². The molecule has 0 bridgehead atoms. The van der Waals surface area contributed by atoms with Crippen LogP contribution in [0, 0.1) is 5.92 Å². The normalized spacial score (nSPS) is 15.2. The fourth-order valence-electron chi connectivity index (χ4n) is 3.39. The predicted octanol–water partition coefficient (Wildman–Crippen LogP) is 3.68. The van der Waals surface area contributed by atoms with Crippen molar-refractivity contribution in [3.05, 3.63) is 59.9 Å². The molecule has 0 unspecified atom stereocenters. The molecule has 1 aromatic heterocycles. The van der Waals surface area contributed by atoms with E-state index in [1.807, 2.05) is 24.4 Å². The van der Waals surface area contributed by atoms with E-state index < -0.39 is 0 Å². The lowest BCUT2D eigenvalue weighted by atomic mass is 9.96. The van der Waals surface area contributed by atoms with Gasteiger partial charge in [0.1, 0.15) is 0 Å². The molecule has 2 aromatic rings. The maximum Gasteiger partial charge on any atom is 0.251 e. The average Bonchev–Trinajstić information content (AvgIpc) is 2.68. The minimum absolute atomic E-state index is 0.0396. The lowest BCUT2D eigenvalue weighted by Crippen LogP contribution is -2.38. The lowest BCUT2D eigenvalue weighted by molar-refractivity contribution is 0.0945. The topological polar surface area (TPSA) is 45.2 Å². The van der Waals surface area contributed by atoms with Gasteiger partial charge in [-0.2, -0.15) is 0 Å². The molecule has 1 saturated heterocycles. The third-order valence-electron chi connectivity index (χ3n) is 4.93. The standard InChI is InChI=1S/C21H27N3O/c1-2-4-17-6-8-19(9-7-17)21(25)23-15-18-10-13-24(14-11-18)20-5-3-12-22-16-20/h3,5-9,12,16,18H,2,4,10-11,13-15H2,1H3,(H,23,25). The van der Waals surface area contributed by atoms with E-state index in [0.717, 1.165) is 50.9 Å². The number of aryl methyl sites for hydroxylation is 1. The van der Waals surface area contributed by atoms with Crippen molar-refractivity contribution in [2.24, 2.45) is 5.92 Å². The Balaban J connectivity index is 1.44. The number of carbonyl (C=O) groups excluding carboxylic acids is 1. The number of aromatic nitrogens is 1. The minimum atomic E-state index is 0.0396. The van der Waals surface area contributed by atoms with E-state index >= 15 is 0 Å². The number of hydrogen-bond donors (Lipinski definition) is 1. The third kappa shape index (κ3) is 4.81. The summed E-state index contributed by atoms with van der Waals surface area (Å²) >= 11 is 0. The van der Waals surface area contributed by atoms with Gasteiger partial charge in [-0.05, 0) is 55.0 Å². The molecule has 1 aliphatic heterocycles. The average molecular weight is 337 g/mol. The maximum absolute atomic E-state index is 12.3. The summed E-state index contributed by atoms with van der Waals surface area (Å²) in [6.07, 6.45) is 8.13. The molecular formula is C21H27N3O. The zero-order valence-corrected chi connectivity index (χ0v) is 14.9. The molecule has 0 atom stereocenters. The minimum Gasteiger partial charge on any atom is -0.370 e. The first-order chi connectivity index (χ1) is 12.3. The Morgan fingerprint density at radius 2 is 1.96 bits per heavy atom. The second-order valence-electron chi connectivity index (χ2n) is 6.80. The van der Waals surface area contributed by atoms with Gasteiger partial charge in [0.25, 0.3) is 5.91 Å². The number of pyridine rings is 1. The Hall–Kier alpha value is -2.36. The van der Waals surface area contributed by atoms with Crippen LogP contribution in [0.2, 0.25) is 0 Å². The van der Waals surface area contributed by atoms with Crippen molar-refractivity contribution in [2.45, 2.75) is 32.6 Å². The first-order valence-electron chi connectivity index (χ1n) is 9.28. The second kappa shape index (κ2) is 8.65. The van der Waals surface area contributed by atoms with Crippen LogP contribution in [0.1, 0.15) is 42.1 Å². The molecule has 0 radical (unpaired) electrons. The van der Waals surface area contributed by atoms with E-state index in [1.165, 1.54) is 11.3 Å². The molecule has 0 saturated carbocycles. The van der Waals surface area contributed by atoms with Crippen LogP contribution in [-0.4, -0.2) is 30.5 Å². The van der Waals surface area contributed by atoms with Gasteiger partial charge in [0.05, 0.1) is 11.9 Å². The van der Waals surface area contributed by atoms with Gasteiger partial charge in [-0.3, -0.25) is 9.78 Å². The van der Waals surface area contributed by atoms with Crippen LogP contribution in [0.3, 0.4) is 0 Å². The third-order valence-corrected chi connectivity index (χ3v) is 4.93. The first kappa shape index (κ1) is 17.5. The molecule has 25 heavy (non-hydrogen) atoms. The quantitative estimate of drug-likeness (QED) is 0.874. The molecule has 1 fully saturated rings. The van der Waals surface area contributed by atoms with Crippen molar-refractivity contribution in [1.82, 2.24) is 10.3 Å². The van der Waals surface area contributed by atoms with E-state index in [2.05, 4.69) is 40.3 Å². The monoisotopic (exact) mass is 337 g/mol. The highest BCUT2D eigenvalue weighted by Crippen LogP contribution is 2.22. The molecule has 1 aliphatic rings. The summed E-state index contributed by atoms with van der Waals surface area (Å²) in [7, 11) is 0. The van der Waals surface area contributed by atoms with Gasteiger partial charge in [-0.15, -0.1) is 0 Å². The van der Waals surface area contributed by atoms with Crippen molar-refractivity contribution >= 4 is 11.6 Å². The van der Waals surface area contributed by atoms with E-state index in [9.17, 15) is 4.79 Å². The van der Waals surface area contributed by atoms with Crippen molar-refractivity contribution < 1.29 is 4.79 Å². The van der Waals surface area contributed by atoms with Crippen molar-refractivity contribution in [3.63, 3.8) is 0 Å². The summed E-state index contributed by atoms with van der Waals surface area (Å²) in [5.74, 6) is 0.592. The number of nitrogens with one attached hydrogen (secondary N) is 1. The van der Waals surface area contributed by atoms with Gasteiger partial charge >= 0.3 is 0 Å². The zero-order chi connectivity index (χ0) is 17.5. The Bertz CT molecular complexity index is 661. The number of piperidine rings is 1. The summed E-state index contributed by atoms with van der Waals surface area (Å²) in [5.41, 5.74) is 3.24. The van der Waals surface area contributed by atoms with Crippen LogP contribution in [-0.2, 0) is 6.42 Å².